The van der Waals surface area contributed by atoms with Gasteiger partial charge in [-0.1, -0.05) is 54.6 Å². The first-order chi connectivity index (χ1) is 14.4. The molecule has 0 radical (unpaired) electrons. The van der Waals surface area contributed by atoms with Gasteiger partial charge >= 0.3 is 0 Å². The largest absolute Gasteiger partial charge is 0.395 e. The lowest BCUT2D eigenvalue weighted by atomic mass is 9.83. The molecule has 0 aliphatic carbocycles. The van der Waals surface area contributed by atoms with Crippen molar-refractivity contribution in [3.8, 4) is 11.1 Å². The van der Waals surface area contributed by atoms with E-state index < -0.39 is 5.41 Å². The zero-order chi connectivity index (χ0) is 21.6. The molecule has 2 atom stereocenters. The monoisotopic (exact) mass is 518 g/mol. The van der Waals surface area contributed by atoms with E-state index in [1.54, 1.807) is 29.5 Å². The van der Waals surface area contributed by atoms with Crippen LogP contribution in [0, 0.1) is 5.41 Å². The van der Waals surface area contributed by atoms with Crippen LogP contribution in [0.25, 0.3) is 11.1 Å². The molecule has 30 heavy (non-hydrogen) atoms. The van der Waals surface area contributed by atoms with Crippen LogP contribution in [-0.4, -0.2) is 42.9 Å². The third kappa shape index (κ3) is 5.51. The number of nitrogens with one attached hydrogen (secondary N) is 2. The van der Waals surface area contributed by atoms with E-state index in [1.165, 1.54) is 6.20 Å². The van der Waals surface area contributed by atoms with Crippen LogP contribution in [0.3, 0.4) is 0 Å². The summed E-state index contributed by atoms with van der Waals surface area (Å²) >= 11 is 1.70. The predicted molar refractivity (Wildman–Crippen MR) is 122 cm³/mol. The smallest absolute Gasteiger partial charge is 0.273 e. The number of hydrogen-bond donors (Lipinski definition) is 3. The van der Waals surface area contributed by atoms with Crippen LogP contribution in [0.4, 0.5) is 0 Å². The van der Waals surface area contributed by atoms with E-state index in [2.05, 4.69) is 32.9 Å². The Hall–Kier alpha value is -2.59. The van der Waals surface area contributed by atoms with Gasteiger partial charge in [0.15, 0.2) is 5.69 Å². The fourth-order valence-electron chi connectivity index (χ4n) is 3.24. The first-order valence-corrected chi connectivity index (χ1v) is 10.6. The zero-order valence-corrected chi connectivity index (χ0v) is 18.7. The molecule has 0 bridgehead atoms. The first kappa shape index (κ1) is 22.1. The van der Waals surface area contributed by atoms with E-state index in [0.29, 0.717) is 12.8 Å². The highest BCUT2D eigenvalue weighted by molar-refractivity contribution is 14.1. The molecule has 8 heteroatoms. The van der Waals surface area contributed by atoms with Crippen molar-refractivity contribution in [1.82, 2.24) is 20.7 Å². The fourth-order valence-corrected chi connectivity index (χ4v) is 3.63. The molecule has 0 fully saturated rings. The van der Waals surface area contributed by atoms with E-state index in [9.17, 15) is 14.7 Å². The van der Waals surface area contributed by atoms with E-state index >= 15 is 0 Å². The number of benzene rings is 2. The maximum absolute atomic E-state index is 12.5. The Kier molecular flexibility index (Phi) is 7.33. The van der Waals surface area contributed by atoms with Gasteiger partial charge in [0.25, 0.3) is 5.91 Å². The maximum atomic E-state index is 12.5. The van der Waals surface area contributed by atoms with Crippen LogP contribution in [0.1, 0.15) is 29.4 Å². The summed E-state index contributed by atoms with van der Waals surface area (Å²) in [5.41, 5.74) is 2.47. The highest BCUT2D eigenvalue weighted by Crippen LogP contribution is 2.29. The summed E-state index contributed by atoms with van der Waals surface area (Å²) in [6.45, 7) is 1.41. The molecule has 2 unspecified atom stereocenters. The molecule has 2 aromatic carbocycles. The number of H-pyrrole nitrogens is 1. The van der Waals surface area contributed by atoms with Gasteiger partial charge in [0, 0.05) is 28.6 Å². The second kappa shape index (κ2) is 9.94. The second-order valence-corrected chi connectivity index (χ2v) is 8.47. The van der Waals surface area contributed by atoms with Gasteiger partial charge in [-0.15, -0.1) is 0 Å². The lowest BCUT2D eigenvalue weighted by Gasteiger charge is -2.29. The van der Waals surface area contributed by atoms with Crippen LogP contribution in [-0.2, 0) is 11.2 Å². The van der Waals surface area contributed by atoms with Gasteiger partial charge in [-0.3, -0.25) is 9.59 Å². The average Bonchev–Trinajstić information content (AvgIpc) is 3.30. The Morgan fingerprint density at radius 1 is 1.13 bits per heavy atom. The standard InChI is InChI=1S/C22H23IN4O3/c1-22(14-28,21(23)30)12-18(25-20(29)19-13-24-27-26-19)11-15-7-9-17(10-8-15)16-5-3-2-4-6-16/h2-10,13,18,28H,11-12,14H2,1H3,(H,25,29)(H,24,26,27). The SMILES string of the molecule is CC(CO)(CC(Cc1ccc(-c2ccccc2)cc1)NC(=O)c1cn[nH]n1)C(=O)I. The van der Waals surface area contributed by atoms with Crippen molar-refractivity contribution in [2.24, 2.45) is 5.41 Å². The quantitative estimate of drug-likeness (QED) is 0.298. The van der Waals surface area contributed by atoms with Crippen molar-refractivity contribution in [2.75, 3.05) is 6.61 Å². The third-order valence-electron chi connectivity index (χ3n) is 5.05. The normalized spacial score (nSPS) is 14.0. The zero-order valence-electron chi connectivity index (χ0n) is 16.5. The minimum absolute atomic E-state index is 0.150. The van der Waals surface area contributed by atoms with Crippen LogP contribution in [0.15, 0.2) is 60.8 Å². The topological polar surface area (TPSA) is 108 Å². The Bertz CT molecular complexity index is 977. The van der Waals surface area contributed by atoms with Crippen LogP contribution < -0.4 is 5.32 Å². The molecule has 0 aliphatic heterocycles. The van der Waals surface area contributed by atoms with Gasteiger partial charge in [0.05, 0.1) is 18.2 Å². The Balaban J connectivity index is 1.79. The number of nitrogens with zero attached hydrogens (tertiary/aromatic N) is 2. The first-order valence-electron chi connectivity index (χ1n) is 9.53. The highest BCUT2D eigenvalue weighted by atomic mass is 127. The molecule has 3 rings (SSSR count). The molecule has 7 nitrogen and oxygen atoms in total. The molecular formula is C22H23IN4O3. The molecule has 156 valence electrons. The van der Waals surface area contributed by atoms with Crippen molar-refractivity contribution >= 4 is 32.3 Å². The summed E-state index contributed by atoms with van der Waals surface area (Å²) in [5.74, 6) is -0.379. The lowest BCUT2D eigenvalue weighted by Crippen LogP contribution is -2.43. The number of amides is 1. The third-order valence-corrected chi connectivity index (χ3v) is 6.35. The number of aromatic amines is 1. The van der Waals surface area contributed by atoms with E-state index in [1.807, 2.05) is 42.5 Å². The van der Waals surface area contributed by atoms with Gasteiger partial charge in [0.2, 0.25) is 3.79 Å². The van der Waals surface area contributed by atoms with Crippen LogP contribution >= 0.6 is 22.6 Å². The maximum Gasteiger partial charge on any atom is 0.273 e. The average molecular weight is 518 g/mol. The fraction of sp³-hybridized carbons (Fsp3) is 0.273. The van der Waals surface area contributed by atoms with Crippen LogP contribution in [0.5, 0.6) is 0 Å². The number of aromatic nitrogens is 3. The molecule has 0 saturated carbocycles. The van der Waals surface area contributed by atoms with Gasteiger partial charge in [0.1, 0.15) is 0 Å². The van der Waals surface area contributed by atoms with Gasteiger partial charge < -0.3 is 10.4 Å². The summed E-state index contributed by atoms with van der Waals surface area (Å²) in [6, 6.07) is 17.8. The van der Waals surface area contributed by atoms with Gasteiger partial charge in [-0.2, -0.15) is 15.4 Å². The summed E-state index contributed by atoms with van der Waals surface area (Å²) in [5, 5.41) is 22.6. The number of carbonyl (C=O) groups excluding carboxylic acids is 2. The molecule has 0 saturated heterocycles. The van der Waals surface area contributed by atoms with Gasteiger partial charge in [-0.25, -0.2) is 0 Å². The number of halogens is 1. The van der Waals surface area contributed by atoms with E-state index in [4.69, 9.17) is 0 Å². The number of hydrogen-bond acceptors (Lipinski definition) is 5. The molecule has 0 spiro atoms. The molecule has 3 N–H and O–H groups in total. The van der Waals surface area contributed by atoms with Crippen molar-refractivity contribution < 1.29 is 14.7 Å². The number of carbonyl (C=O) groups is 2. The minimum atomic E-state index is -0.952. The minimum Gasteiger partial charge on any atom is -0.395 e. The van der Waals surface area contributed by atoms with E-state index in [0.717, 1.165) is 16.7 Å². The molecule has 3 aromatic rings. The van der Waals surface area contributed by atoms with Crippen molar-refractivity contribution in [3.05, 3.63) is 72.1 Å². The Morgan fingerprint density at radius 3 is 2.37 bits per heavy atom. The molecule has 1 heterocycles. The number of rotatable bonds is 9. The summed E-state index contributed by atoms with van der Waals surface area (Å²) in [4.78, 5) is 24.6. The van der Waals surface area contributed by atoms with E-state index in [-0.39, 0.29) is 28.0 Å². The molecule has 1 amide bonds. The number of aliphatic hydroxyl groups excluding tert-OH is 1. The summed E-state index contributed by atoms with van der Waals surface area (Å²) < 4.78 is -0.150. The van der Waals surface area contributed by atoms with Crippen LogP contribution in [0.2, 0.25) is 0 Å². The second-order valence-electron chi connectivity index (χ2n) is 7.49. The van der Waals surface area contributed by atoms with Gasteiger partial charge in [-0.05, 0) is 36.5 Å². The molecular weight excluding hydrogens is 495 g/mol. The lowest BCUT2D eigenvalue weighted by molar-refractivity contribution is -0.119. The summed E-state index contributed by atoms with van der Waals surface area (Å²) in [7, 11) is 0. The Morgan fingerprint density at radius 2 is 1.80 bits per heavy atom. The van der Waals surface area contributed by atoms with Crippen molar-refractivity contribution in [3.63, 3.8) is 0 Å². The number of aliphatic hydroxyl groups is 1. The Labute approximate surface area is 188 Å². The summed E-state index contributed by atoms with van der Waals surface area (Å²) in [6.07, 6.45) is 2.16. The predicted octanol–water partition coefficient (Wildman–Crippen LogP) is 3.16. The van der Waals surface area contributed by atoms with Crippen molar-refractivity contribution in [2.45, 2.75) is 25.8 Å². The highest BCUT2D eigenvalue weighted by Gasteiger charge is 2.34. The van der Waals surface area contributed by atoms with Crippen molar-refractivity contribution in [1.29, 1.82) is 0 Å². The molecule has 1 aromatic heterocycles. The molecule has 0 aliphatic rings.